The van der Waals surface area contributed by atoms with Gasteiger partial charge in [-0.25, -0.2) is 4.98 Å². The van der Waals surface area contributed by atoms with Gasteiger partial charge in [0.25, 0.3) is 0 Å². The second-order valence-electron chi connectivity index (χ2n) is 6.76. The zero-order valence-electron chi connectivity index (χ0n) is 15.7. The van der Waals surface area contributed by atoms with E-state index >= 15 is 0 Å². The second kappa shape index (κ2) is 9.37. The molecule has 0 saturated heterocycles. The van der Waals surface area contributed by atoms with Crippen molar-refractivity contribution >= 4 is 5.91 Å². The highest BCUT2D eigenvalue weighted by Gasteiger charge is 2.13. The Balaban J connectivity index is 1.74. The summed E-state index contributed by atoms with van der Waals surface area (Å²) in [5.74, 6) is 1.37. The second-order valence-corrected chi connectivity index (χ2v) is 6.76. The Morgan fingerprint density at radius 3 is 2.48 bits per heavy atom. The normalized spacial score (nSPS) is 11.5. The number of amides is 1. The molecule has 25 heavy (non-hydrogen) atoms. The molecule has 0 aliphatic heterocycles. The fourth-order valence-corrected chi connectivity index (χ4v) is 2.91. The molecule has 1 N–H and O–H groups in total. The van der Waals surface area contributed by atoms with Crippen LogP contribution < -0.4 is 5.32 Å². The number of nitrogens with zero attached hydrogens (tertiary/aromatic N) is 2. The summed E-state index contributed by atoms with van der Waals surface area (Å²) < 4.78 is 5.73. The van der Waals surface area contributed by atoms with E-state index in [1.165, 1.54) is 0 Å². The van der Waals surface area contributed by atoms with Gasteiger partial charge in [-0.1, -0.05) is 30.3 Å². The van der Waals surface area contributed by atoms with E-state index in [9.17, 15) is 4.79 Å². The number of aromatic nitrogens is 1. The maximum absolute atomic E-state index is 12.0. The van der Waals surface area contributed by atoms with Crippen molar-refractivity contribution in [3.63, 3.8) is 0 Å². The third-order valence-electron chi connectivity index (χ3n) is 4.20. The van der Waals surface area contributed by atoms with Crippen LogP contribution in [0.15, 0.2) is 40.9 Å². The van der Waals surface area contributed by atoms with E-state index in [2.05, 4.69) is 42.9 Å². The third-order valence-corrected chi connectivity index (χ3v) is 4.20. The summed E-state index contributed by atoms with van der Waals surface area (Å²) in [7, 11) is 0. The van der Waals surface area contributed by atoms with Crippen LogP contribution >= 0.6 is 0 Å². The Morgan fingerprint density at radius 1 is 1.16 bits per heavy atom. The van der Waals surface area contributed by atoms with Gasteiger partial charge in [-0.05, 0) is 27.7 Å². The highest BCUT2D eigenvalue weighted by atomic mass is 16.4. The van der Waals surface area contributed by atoms with Gasteiger partial charge in [-0.15, -0.1) is 0 Å². The number of rotatable bonds is 9. The Bertz CT molecular complexity index is 642. The number of hydrogen-bond donors (Lipinski definition) is 1. The van der Waals surface area contributed by atoms with E-state index in [4.69, 9.17) is 4.42 Å². The highest BCUT2D eigenvalue weighted by Crippen LogP contribution is 2.20. The van der Waals surface area contributed by atoms with Crippen LogP contribution in [0.3, 0.4) is 0 Å². The molecule has 0 saturated carbocycles. The molecule has 1 aromatic carbocycles. The van der Waals surface area contributed by atoms with Gasteiger partial charge < -0.3 is 9.73 Å². The molecule has 0 aliphatic rings. The lowest BCUT2D eigenvalue weighted by Crippen LogP contribution is -2.42. The summed E-state index contributed by atoms with van der Waals surface area (Å²) in [5, 5.41) is 2.98. The molecular weight excluding hydrogens is 314 g/mol. The molecule has 5 nitrogen and oxygen atoms in total. The number of carbonyl (C=O) groups is 1. The van der Waals surface area contributed by atoms with Gasteiger partial charge in [-0.3, -0.25) is 9.69 Å². The molecule has 2 aromatic rings. The maximum Gasteiger partial charge on any atom is 0.220 e. The molecule has 0 bridgehead atoms. The quantitative estimate of drug-likeness (QED) is 0.757. The predicted octanol–water partition coefficient (Wildman–Crippen LogP) is 3.51. The lowest BCUT2D eigenvalue weighted by Gasteiger charge is -2.30. The Morgan fingerprint density at radius 2 is 1.84 bits per heavy atom. The first kappa shape index (κ1) is 19.2. The van der Waals surface area contributed by atoms with E-state index < -0.39 is 0 Å². The molecule has 1 amide bonds. The molecule has 1 heterocycles. The van der Waals surface area contributed by atoms with Crippen molar-refractivity contribution in [1.82, 2.24) is 15.2 Å². The molecule has 1 aromatic heterocycles. The van der Waals surface area contributed by atoms with Gasteiger partial charge in [0.15, 0.2) is 11.7 Å². The van der Waals surface area contributed by atoms with Crippen LogP contribution in [0, 0.1) is 0 Å². The average molecular weight is 343 g/mol. The van der Waals surface area contributed by atoms with Crippen LogP contribution in [-0.4, -0.2) is 41.0 Å². The lowest BCUT2D eigenvalue weighted by atomic mass is 10.2. The first-order valence-electron chi connectivity index (χ1n) is 9.00. The largest absolute Gasteiger partial charge is 0.441 e. The fourth-order valence-electron chi connectivity index (χ4n) is 2.91. The smallest absolute Gasteiger partial charge is 0.220 e. The summed E-state index contributed by atoms with van der Waals surface area (Å²) in [4.78, 5) is 18.6. The van der Waals surface area contributed by atoms with Crippen LogP contribution in [-0.2, 0) is 11.2 Å². The van der Waals surface area contributed by atoms with E-state index in [0.29, 0.717) is 37.4 Å². The van der Waals surface area contributed by atoms with E-state index in [-0.39, 0.29) is 5.91 Å². The van der Waals surface area contributed by atoms with Gasteiger partial charge >= 0.3 is 0 Å². The number of carbonyl (C=O) groups excluding carboxylic acids is 1. The minimum absolute atomic E-state index is 0.0342. The SMILES string of the molecule is CC(C)N(CCNC(=O)CCc1ncc(-c2ccccc2)o1)C(C)C. The van der Waals surface area contributed by atoms with Gasteiger partial charge in [0, 0.05) is 43.6 Å². The Kier molecular flexibility index (Phi) is 7.19. The minimum Gasteiger partial charge on any atom is -0.441 e. The van der Waals surface area contributed by atoms with E-state index in [1.807, 2.05) is 30.3 Å². The Hall–Kier alpha value is -2.14. The highest BCUT2D eigenvalue weighted by molar-refractivity contribution is 5.76. The van der Waals surface area contributed by atoms with Crippen molar-refractivity contribution < 1.29 is 9.21 Å². The molecule has 136 valence electrons. The Labute approximate surface area is 150 Å². The molecule has 0 aliphatic carbocycles. The van der Waals surface area contributed by atoms with Crippen LogP contribution in [0.4, 0.5) is 0 Å². The molecule has 0 spiro atoms. The number of nitrogens with one attached hydrogen (secondary N) is 1. The maximum atomic E-state index is 12.0. The van der Waals surface area contributed by atoms with Crippen LogP contribution in [0.25, 0.3) is 11.3 Å². The van der Waals surface area contributed by atoms with Crippen LogP contribution in [0.1, 0.15) is 40.0 Å². The number of oxazole rings is 1. The zero-order valence-corrected chi connectivity index (χ0v) is 15.7. The summed E-state index contributed by atoms with van der Waals surface area (Å²) >= 11 is 0. The van der Waals surface area contributed by atoms with Gasteiger partial charge in [0.05, 0.1) is 6.20 Å². The van der Waals surface area contributed by atoms with Crippen molar-refractivity contribution in [2.45, 2.75) is 52.6 Å². The molecular formula is C20H29N3O2. The summed E-state index contributed by atoms with van der Waals surface area (Å²) in [5.41, 5.74) is 0.994. The molecule has 0 unspecified atom stereocenters. The standard InChI is InChI=1S/C20H29N3O2/c1-15(2)23(16(3)4)13-12-21-19(24)10-11-20-22-14-18(25-20)17-8-6-5-7-9-17/h5-9,14-16H,10-13H2,1-4H3,(H,21,24). The van der Waals surface area contributed by atoms with Crippen molar-refractivity contribution in [3.8, 4) is 11.3 Å². The summed E-state index contributed by atoms with van der Waals surface area (Å²) in [6, 6.07) is 10.8. The van der Waals surface area contributed by atoms with Gasteiger partial charge in [-0.2, -0.15) is 0 Å². The molecule has 2 rings (SSSR count). The average Bonchev–Trinajstić information content (AvgIpc) is 3.06. The number of aryl methyl sites for hydroxylation is 1. The first-order chi connectivity index (χ1) is 12.0. The van der Waals surface area contributed by atoms with Crippen molar-refractivity contribution in [2.24, 2.45) is 0 Å². The third kappa shape index (κ3) is 6.02. The fraction of sp³-hybridized carbons (Fsp3) is 0.500. The zero-order chi connectivity index (χ0) is 18.2. The van der Waals surface area contributed by atoms with Crippen LogP contribution in [0.2, 0.25) is 0 Å². The summed E-state index contributed by atoms with van der Waals surface area (Å²) in [6.07, 6.45) is 2.61. The topological polar surface area (TPSA) is 58.4 Å². The van der Waals surface area contributed by atoms with E-state index in [1.54, 1.807) is 6.20 Å². The first-order valence-corrected chi connectivity index (χ1v) is 9.00. The van der Waals surface area contributed by atoms with Crippen molar-refractivity contribution in [2.75, 3.05) is 13.1 Å². The number of benzene rings is 1. The molecule has 0 atom stereocenters. The molecule has 0 radical (unpaired) electrons. The lowest BCUT2D eigenvalue weighted by molar-refractivity contribution is -0.121. The molecule has 0 fully saturated rings. The minimum atomic E-state index is 0.0342. The van der Waals surface area contributed by atoms with E-state index in [0.717, 1.165) is 17.9 Å². The summed E-state index contributed by atoms with van der Waals surface area (Å²) in [6.45, 7) is 10.2. The van der Waals surface area contributed by atoms with Gasteiger partial charge in [0.1, 0.15) is 0 Å². The van der Waals surface area contributed by atoms with Crippen LogP contribution in [0.5, 0.6) is 0 Å². The van der Waals surface area contributed by atoms with Gasteiger partial charge in [0.2, 0.25) is 5.91 Å². The monoisotopic (exact) mass is 343 g/mol. The van der Waals surface area contributed by atoms with Crippen molar-refractivity contribution in [1.29, 1.82) is 0 Å². The molecule has 5 heteroatoms. The predicted molar refractivity (Wildman–Crippen MR) is 100 cm³/mol. The number of hydrogen-bond acceptors (Lipinski definition) is 4. The van der Waals surface area contributed by atoms with Crippen molar-refractivity contribution in [3.05, 3.63) is 42.4 Å².